The van der Waals surface area contributed by atoms with E-state index in [1.807, 2.05) is 6.07 Å². The third-order valence-electron chi connectivity index (χ3n) is 3.81. The predicted molar refractivity (Wildman–Crippen MR) is 69.3 cm³/mol. The molecule has 1 saturated heterocycles. The summed E-state index contributed by atoms with van der Waals surface area (Å²) in [5.41, 5.74) is 1.17. The maximum Gasteiger partial charge on any atom is 0.140 e. The number of rotatable bonds is 3. The van der Waals surface area contributed by atoms with Crippen LogP contribution in [0.3, 0.4) is 0 Å². The Morgan fingerprint density at radius 3 is 2.89 bits per heavy atom. The summed E-state index contributed by atoms with van der Waals surface area (Å²) in [7, 11) is 0. The second kappa shape index (κ2) is 5.49. The summed E-state index contributed by atoms with van der Waals surface area (Å²) in [4.78, 5) is 2.39. The van der Waals surface area contributed by atoms with E-state index in [2.05, 4.69) is 18.7 Å². The fraction of sp³-hybridized carbons (Fsp3) is 0.533. The van der Waals surface area contributed by atoms with Gasteiger partial charge in [0, 0.05) is 13.1 Å². The van der Waals surface area contributed by atoms with Gasteiger partial charge in [0.2, 0.25) is 0 Å². The molecule has 1 aromatic rings. The van der Waals surface area contributed by atoms with Crippen LogP contribution in [0.4, 0.5) is 4.39 Å². The van der Waals surface area contributed by atoms with Crippen molar-refractivity contribution in [3.05, 3.63) is 35.1 Å². The van der Waals surface area contributed by atoms with Gasteiger partial charge in [-0.1, -0.05) is 19.9 Å². The first kappa shape index (κ1) is 13.0. The first-order valence-corrected chi connectivity index (χ1v) is 6.51. The number of hydrogen-bond donors (Lipinski definition) is 0. The summed E-state index contributed by atoms with van der Waals surface area (Å²) >= 11 is 0. The standard InChI is InChI=1S/C15H19FN2/c1-11(2)13-5-6-18(10-13)9-12-3-4-15(16)14(7-12)8-17/h3-4,7,11,13H,5-6,9-10H2,1-2H3. The van der Waals surface area contributed by atoms with Crippen molar-refractivity contribution in [2.45, 2.75) is 26.8 Å². The van der Waals surface area contributed by atoms with Gasteiger partial charge in [-0.25, -0.2) is 4.39 Å². The highest BCUT2D eigenvalue weighted by molar-refractivity contribution is 5.34. The zero-order valence-corrected chi connectivity index (χ0v) is 11.0. The van der Waals surface area contributed by atoms with Crippen molar-refractivity contribution in [1.29, 1.82) is 5.26 Å². The lowest BCUT2D eigenvalue weighted by Gasteiger charge is -2.18. The average Bonchev–Trinajstić information content (AvgIpc) is 2.80. The summed E-state index contributed by atoms with van der Waals surface area (Å²) in [5.74, 6) is 1.06. The second-order valence-corrected chi connectivity index (χ2v) is 5.45. The van der Waals surface area contributed by atoms with E-state index in [4.69, 9.17) is 5.26 Å². The van der Waals surface area contributed by atoms with E-state index < -0.39 is 5.82 Å². The van der Waals surface area contributed by atoms with Gasteiger partial charge >= 0.3 is 0 Å². The molecule has 2 nitrogen and oxygen atoms in total. The highest BCUT2D eigenvalue weighted by Gasteiger charge is 2.24. The predicted octanol–water partition coefficient (Wildman–Crippen LogP) is 3.18. The van der Waals surface area contributed by atoms with Crippen molar-refractivity contribution in [3.63, 3.8) is 0 Å². The van der Waals surface area contributed by atoms with E-state index in [-0.39, 0.29) is 5.56 Å². The molecule has 1 aliphatic heterocycles. The van der Waals surface area contributed by atoms with Gasteiger partial charge in [-0.3, -0.25) is 4.90 Å². The molecular formula is C15H19FN2. The van der Waals surface area contributed by atoms with Gasteiger partial charge in [0.1, 0.15) is 11.9 Å². The number of nitrogens with zero attached hydrogens (tertiary/aromatic N) is 2. The molecular weight excluding hydrogens is 227 g/mol. The van der Waals surface area contributed by atoms with Crippen LogP contribution in [0, 0.1) is 29.0 Å². The van der Waals surface area contributed by atoms with Gasteiger partial charge in [0.25, 0.3) is 0 Å². The number of nitriles is 1. The summed E-state index contributed by atoms with van der Waals surface area (Å²) < 4.78 is 13.2. The van der Waals surface area contributed by atoms with Crippen LogP contribution in [-0.2, 0) is 6.54 Å². The molecule has 0 aromatic heterocycles. The van der Waals surface area contributed by atoms with Gasteiger partial charge in [-0.15, -0.1) is 0 Å². The highest BCUT2D eigenvalue weighted by Crippen LogP contribution is 2.25. The molecule has 2 rings (SSSR count). The first-order valence-electron chi connectivity index (χ1n) is 6.51. The molecule has 1 fully saturated rings. The number of benzene rings is 1. The molecule has 1 aromatic carbocycles. The Balaban J connectivity index is 2.01. The van der Waals surface area contributed by atoms with Crippen molar-refractivity contribution in [1.82, 2.24) is 4.90 Å². The minimum atomic E-state index is -0.428. The van der Waals surface area contributed by atoms with Gasteiger partial charge in [0.05, 0.1) is 5.56 Å². The van der Waals surface area contributed by atoms with Gasteiger partial charge in [-0.2, -0.15) is 5.26 Å². The van der Waals surface area contributed by atoms with E-state index in [0.29, 0.717) is 0 Å². The van der Waals surface area contributed by atoms with Crippen LogP contribution in [0.15, 0.2) is 18.2 Å². The van der Waals surface area contributed by atoms with Gasteiger partial charge < -0.3 is 0 Å². The lowest BCUT2D eigenvalue weighted by Crippen LogP contribution is -2.21. The summed E-state index contributed by atoms with van der Waals surface area (Å²) in [6, 6.07) is 6.73. The van der Waals surface area contributed by atoms with Crippen LogP contribution in [-0.4, -0.2) is 18.0 Å². The number of halogens is 1. The Morgan fingerprint density at radius 2 is 2.28 bits per heavy atom. The van der Waals surface area contributed by atoms with Gasteiger partial charge in [0.15, 0.2) is 0 Å². The lowest BCUT2D eigenvalue weighted by molar-refractivity contribution is 0.296. The van der Waals surface area contributed by atoms with Crippen LogP contribution >= 0.6 is 0 Å². The third kappa shape index (κ3) is 2.88. The molecule has 0 radical (unpaired) electrons. The Kier molecular flexibility index (Phi) is 3.98. The number of likely N-dealkylation sites (tertiary alicyclic amines) is 1. The van der Waals surface area contributed by atoms with E-state index in [9.17, 15) is 4.39 Å². The molecule has 0 spiro atoms. The molecule has 18 heavy (non-hydrogen) atoms. The molecule has 1 unspecified atom stereocenters. The minimum absolute atomic E-state index is 0.145. The molecule has 0 N–H and O–H groups in total. The Labute approximate surface area is 108 Å². The quantitative estimate of drug-likeness (QED) is 0.819. The summed E-state index contributed by atoms with van der Waals surface area (Å²) in [5, 5.41) is 8.81. The molecule has 0 bridgehead atoms. The van der Waals surface area contributed by atoms with E-state index in [0.717, 1.165) is 37.0 Å². The van der Waals surface area contributed by atoms with E-state index >= 15 is 0 Å². The zero-order chi connectivity index (χ0) is 13.1. The zero-order valence-electron chi connectivity index (χ0n) is 11.0. The maximum atomic E-state index is 13.2. The topological polar surface area (TPSA) is 27.0 Å². The summed E-state index contributed by atoms with van der Waals surface area (Å²) in [6.45, 7) is 7.55. The van der Waals surface area contributed by atoms with Crippen LogP contribution in [0.25, 0.3) is 0 Å². The Morgan fingerprint density at radius 1 is 1.50 bits per heavy atom. The van der Waals surface area contributed by atoms with E-state index in [1.165, 1.54) is 12.5 Å². The molecule has 0 aliphatic carbocycles. The average molecular weight is 246 g/mol. The van der Waals surface area contributed by atoms with Crippen molar-refractivity contribution in [2.75, 3.05) is 13.1 Å². The number of hydrogen-bond acceptors (Lipinski definition) is 2. The second-order valence-electron chi connectivity index (χ2n) is 5.45. The van der Waals surface area contributed by atoms with Crippen molar-refractivity contribution < 1.29 is 4.39 Å². The monoisotopic (exact) mass is 246 g/mol. The molecule has 1 atom stereocenters. The van der Waals surface area contributed by atoms with Crippen LogP contribution in [0.1, 0.15) is 31.4 Å². The van der Waals surface area contributed by atoms with Crippen LogP contribution < -0.4 is 0 Å². The van der Waals surface area contributed by atoms with Crippen molar-refractivity contribution in [3.8, 4) is 6.07 Å². The lowest BCUT2D eigenvalue weighted by atomic mass is 9.95. The molecule has 0 amide bonds. The Hall–Kier alpha value is -1.40. The molecule has 3 heteroatoms. The minimum Gasteiger partial charge on any atom is -0.299 e. The third-order valence-corrected chi connectivity index (χ3v) is 3.81. The van der Waals surface area contributed by atoms with Crippen LogP contribution in [0.2, 0.25) is 0 Å². The maximum absolute atomic E-state index is 13.2. The highest BCUT2D eigenvalue weighted by atomic mass is 19.1. The van der Waals surface area contributed by atoms with Crippen molar-refractivity contribution >= 4 is 0 Å². The van der Waals surface area contributed by atoms with E-state index in [1.54, 1.807) is 12.1 Å². The molecule has 96 valence electrons. The fourth-order valence-electron chi connectivity index (χ4n) is 2.57. The normalized spacial score (nSPS) is 20.3. The Bertz CT molecular complexity index is 462. The first-order chi connectivity index (χ1) is 8.60. The molecule has 1 aliphatic rings. The fourth-order valence-corrected chi connectivity index (χ4v) is 2.57. The summed E-state index contributed by atoms with van der Waals surface area (Å²) in [6.07, 6.45) is 1.24. The smallest absolute Gasteiger partial charge is 0.140 e. The van der Waals surface area contributed by atoms with Crippen molar-refractivity contribution in [2.24, 2.45) is 11.8 Å². The SMILES string of the molecule is CC(C)C1CCN(Cc2ccc(F)c(C#N)c2)C1. The molecule has 0 saturated carbocycles. The van der Waals surface area contributed by atoms with Gasteiger partial charge in [-0.05, 0) is 42.5 Å². The molecule has 1 heterocycles. The largest absolute Gasteiger partial charge is 0.299 e. The van der Waals surface area contributed by atoms with Crippen LogP contribution in [0.5, 0.6) is 0 Å².